The number of rotatable bonds is 7. The third kappa shape index (κ3) is 5.25. The number of benzene rings is 5. The summed E-state index contributed by atoms with van der Waals surface area (Å²) >= 11 is 0. The van der Waals surface area contributed by atoms with E-state index in [1.165, 1.54) is 21.5 Å². The van der Waals surface area contributed by atoms with Crippen molar-refractivity contribution in [2.24, 2.45) is 0 Å². The van der Waals surface area contributed by atoms with Crippen molar-refractivity contribution in [2.45, 2.75) is 0 Å². The van der Waals surface area contributed by atoms with Gasteiger partial charge in [0.25, 0.3) is 0 Å². The van der Waals surface area contributed by atoms with Crippen LogP contribution in [0.25, 0.3) is 12.2 Å². The van der Waals surface area contributed by atoms with E-state index in [0.717, 1.165) is 17.1 Å². The monoisotopic (exact) mass is 451 g/mol. The summed E-state index contributed by atoms with van der Waals surface area (Å²) in [5.41, 5.74) is 5.88. The lowest BCUT2D eigenvalue weighted by Crippen LogP contribution is -2.28. The maximum Gasteiger partial charge on any atom is 0.122 e. The minimum Gasteiger partial charge on any atom is -0.311 e. The first-order valence-corrected chi connectivity index (χ1v) is 12.5. The van der Waals surface area contributed by atoms with Crippen LogP contribution in [0, 0.1) is 0 Å². The minimum atomic E-state index is 0.648. The molecule has 0 heterocycles. The Labute approximate surface area is 204 Å². The second-order valence-corrected chi connectivity index (χ2v) is 9.38. The first kappa shape index (κ1) is 21.7. The summed E-state index contributed by atoms with van der Waals surface area (Å²) < 4.78 is 0. The van der Waals surface area contributed by atoms with Gasteiger partial charge < -0.3 is 4.90 Å². The molecule has 0 aliphatic carbocycles. The molecule has 0 aromatic heterocycles. The molecular weight excluding hydrogens is 426 g/mol. The zero-order chi connectivity index (χ0) is 23.0. The molecule has 162 valence electrons. The minimum absolute atomic E-state index is 0.648. The quantitative estimate of drug-likeness (QED) is 0.191. The Bertz CT molecular complexity index is 1310. The summed E-state index contributed by atoms with van der Waals surface area (Å²) in [4.78, 5) is 2.28. The third-order valence-corrected chi connectivity index (χ3v) is 7.00. The van der Waals surface area contributed by atoms with Gasteiger partial charge in [-0.15, -0.1) is 0 Å². The molecule has 2 radical (unpaired) electrons. The number of nitrogens with zero attached hydrogens (tertiary/aromatic N) is 1. The zero-order valence-electron chi connectivity index (χ0n) is 18.9. The molecule has 5 aromatic carbocycles. The molecular formula is C32H25NSi. The molecule has 0 atom stereocenters. The number of anilines is 3. The first-order chi connectivity index (χ1) is 16.9. The van der Waals surface area contributed by atoms with Crippen LogP contribution in [-0.2, 0) is 0 Å². The van der Waals surface area contributed by atoms with Crippen molar-refractivity contribution < 1.29 is 0 Å². The van der Waals surface area contributed by atoms with Crippen molar-refractivity contribution in [1.82, 2.24) is 0 Å². The summed E-state index contributed by atoms with van der Waals surface area (Å²) in [5.74, 6) is 0. The van der Waals surface area contributed by atoms with E-state index in [9.17, 15) is 0 Å². The van der Waals surface area contributed by atoms with Gasteiger partial charge in [0.05, 0.1) is 0 Å². The van der Waals surface area contributed by atoms with Gasteiger partial charge in [0.2, 0.25) is 0 Å². The predicted molar refractivity (Wildman–Crippen MR) is 148 cm³/mol. The summed E-state index contributed by atoms with van der Waals surface area (Å²) in [5, 5.41) is 2.72. The Morgan fingerprint density at radius 1 is 0.441 bits per heavy atom. The molecule has 0 amide bonds. The maximum absolute atomic E-state index is 2.28. The van der Waals surface area contributed by atoms with Crippen LogP contribution in [0.5, 0.6) is 0 Å². The molecule has 0 bridgehead atoms. The molecule has 34 heavy (non-hydrogen) atoms. The summed E-state index contributed by atoms with van der Waals surface area (Å²) in [6, 6.07) is 49.1. The molecule has 5 rings (SSSR count). The SMILES string of the molecule is C(=Cc1ccccc1[Si]c1ccccc1)c1ccc(N(c2ccccc2)c2ccccc2)cc1. The standard InChI is InChI=1S/C32H25NSi/c1-4-13-28(14-5-1)33(29-15-6-2-7-16-29)30-24-21-26(22-25-30)20-23-27-12-10-11-19-32(27)34-31-17-8-3-9-18-31/h1-25H. The van der Waals surface area contributed by atoms with E-state index in [1.807, 2.05) is 0 Å². The van der Waals surface area contributed by atoms with Crippen molar-refractivity contribution in [3.63, 3.8) is 0 Å². The van der Waals surface area contributed by atoms with Gasteiger partial charge in [-0.1, -0.05) is 126 Å². The van der Waals surface area contributed by atoms with Crippen LogP contribution in [0.15, 0.2) is 140 Å². The van der Waals surface area contributed by atoms with Crippen molar-refractivity contribution in [3.8, 4) is 0 Å². The normalized spacial score (nSPS) is 10.9. The smallest absolute Gasteiger partial charge is 0.122 e. The summed E-state index contributed by atoms with van der Waals surface area (Å²) in [6.07, 6.45) is 4.43. The highest BCUT2D eigenvalue weighted by molar-refractivity contribution is 6.68. The van der Waals surface area contributed by atoms with Crippen LogP contribution in [0.3, 0.4) is 0 Å². The molecule has 0 N–H and O–H groups in total. The molecule has 0 aliphatic heterocycles. The van der Waals surface area contributed by atoms with E-state index < -0.39 is 0 Å². The van der Waals surface area contributed by atoms with Crippen LogP contribution in [0.4, 0.5) is 17.1 Å². The van der Waals surface area contributed by atoms with Gasteiger partial charge in [-0.05, 0) is 47.5 Å². The van der Waals surface area contributed by atoms with Crippen LogP contribution in [-0.4, -0.2) is 9.52 Å². The lowest BCUT2D eigenvalue weighted by Gasteiger charge is -2.25. The van der Waals surface area contributed by atoms with Crippen LogP contribution in [0.1, 0.15) is 11.1 Å². The van der Waals surface area contributed by atoms with E-state index >= 15 is 0 Å². The predicted octanol–water partition coefficient (Wildman–Crippen LogP) is 6.98. The molecule has 2 heteroatoms. The summed E-state index contributed by atoms with van der Waals surface area (Å²) in [7, 11) is 0.648. The molecule has 0 saturated carbocycles. The fourth-order valence-corrected chi connectivity index (χ4v) is 5.12. The van der Waals surface area contributed by atoms with E-state index in [0.29, 0.717) is 9.52 Å². The van der Waals surface area contributed by atoms with Crippen LogP contribution >= 0.6 is 0 Å². The van der Waals surface area contributed by atoms with Crippen molar-refractivity contribution in [2.75, 3.05) is 4.90 Å². The van der Waals surface area contributed by atoms with Crippen LogP contribution < -0.4 is 15.3 Å². The maximum atomic E-state index is 2.28. The van der Waals surface area contributed by atoms with Crippen molar-refractivity contribution in [3.05, 3.63) is 151 Å². The molecule has 0 fully saturated rings. The number of hydrogen-bond acceptors (Lipinski definition) is 1. The van der Waals surface area contributed by atoms with Gasteiger partial charge in [0, 0.05) is 17.1 Å². The average molecular weight is 452 g/mol. The fraction of sp³-hybridized carbons (Fsp3) is 0. The highest BCUT2D eigenvalue weighted by atomic mass is 28.2. The van der Waals surface area contributed by atoms with Crippen LogP contribution in [0.2, 0.25) is 0 Å². The Morgan fingerprint density at radius 3 is 1.56 bits per heavy atom. The van der Waals surface area contributed by atoms with Crippen molar-refractivity contribution in [1.29, 1.82) is 0 Å². The third-order valence-electron chi connectivity index (χ3n) is 5.65. The Kier molecular flexibility index (Phi) is 6.79. The molecule has 5 aromatic rings. The largest absolute Gasteiger partial charge is 0.311 e. The number of hydrogen-bond donors (Lipinski definition) is 0. The van der Waals surface area contributed by atoms with E-state index in [2.05, 4.69) is 157 Å². The van der Waals surface area contributed by atoms with Gasteiger partial charge in [0.1, 0.15) is 9.52 Å². The second-order valence-electron chi connectivity index (χ2n) is 8.01. The Morgan fingerprint density at radius 2 is 0.941 bits per heavy atom. The van der Waals surface area contributed by atoms with Gasteiger partial charge in [-0.25, -0.2) is 0 Å². The van der Waals surface area contributed by atoms with E-state index in [1.54, 1.807) is 0 Å². The highest BCUT2D eigenvalue weighted by Crippen LogP contribution is 2.34. The van der Waals surface area contributed by atoms with Crippen molar-refractivity contribution >= 4 is 49.1 Å². The number of para-hydroxylation sites is 2. The molecule has 0 spiro atoms. The van der Waals surface area contributed by atoms with E-state index in [4.69, 9.17) is 0 Å². The fourth-order valence-electron chi connectivity index (χ4n) is 3.96. The van der Waals surface area contributed by atoms with Gasteiger partial charge >= 0.3 is 0 Å². The lowest BCUT2D eigenvalue weighted by atomic mass is 10.1. The molecule has 0 saturated heterocycles. The van der Waals surface area contributed by atoms with Gasteiger partial charge in [-0.3, -0.25) is 0 Å². The lowest BCUT2D eigenvalue weighted by molar-refractivity contribution is 1.28. The van der Waals surface area contributed by atoms with Gasteiger partial charge in [0.15, 0.2) is 0 Å². The molecule has 1 nitrogen and oxygen atoms in total. The average Bonchev–Trinajstić information content (AvgIpc) is 2.91. The van der Waals surface area contributed by atoms with E-state index in [-0.39, 0.29) is 0 Å². The Hall–Kier alpha value is -4.14. The molecule has 0 aliphatic rings. The topological polar surface area (TPSA) is 3.24 Å². The second kappa shape index (κ2) is 10.6. The zero-order valence-corrected chi connectivity index (χ0v) is 19.9. The molecule has 0 unspecified atom stereocenters. The Balaban J connectivity index is 1.39. The van der Waals surface area contributed by atoms with Gasteiger partial charge in [-0.2, -0.15) is 0 Å². The summed E-state index contributed by atoms with van der Waals surface area (Å²) in [6.45, 7) is 0. The highest BCUT2D eigenvalue weighted by Gasteiger charge is 2.11. The first-order valence-electron chi connectivity index (χ1n) is 11.5.